The van der Waals surface area contributed by atoms with Gasteiger partial charge in [-0.15, -0.1) is 22.1 Å². The summed E-state index contributed by atoms with van der Waals surface area (Å²) in [6, 6.07) is 41.6. The molecule has 0 saturated carbocycles. The summed E-state index contributed by atoms with van der Waals surface area (Å²) in [7, 11) is 12.3. The molecule has 8 bridgehead atoms. The van der Waals surface area contributed by atoms with E-state index in [0.29, 0.717) is 26.4 Å². The molecule has 0 atom stereocenters. The molecule has 400 valence electrons. The van der Waals surface area contributed by atoms with E-state index in [-0.39, 0.29) is 19.5 Å². The fourth-order valence-corrected chi connectivity index (χ4v) is 9.61. The number of rotatable bonds is 26. The molecule has 4 aromatic carbocycles. The second kappa shape index (κ2) is 28.2. The molecule has 9 rings (SSSR count). The predicted octanol–water partition coefficient (Wildman–Crippen LogP) is 13.9. The van der Waals surface area contributed by atoms with Gasteiger partial charge in [0.25, 0.3) is 0 Å². The summed E-state index contributed by atoms with van der Waals surface area (Å²) >= 11 is 0. The van der Waals surface area contributed by atoms with Gasteiger partial charge in [-0.25, -0.2) is 9.97 Å². The second-order valence-corrected chi connectivity index (χ2v) is 20.7. The minimum absolute atomic E-state index is 0. The molecule has 78 heavy (non-hydrogen) atoms. The standard InChI is InChI=1S/C66H75N7O4.Zn/c1-8-9-10-11-12-13-14-15-43-74-51-24-16-47(17-25-51)63-55-32-34-57(67-55)64(48-18-26-52(27-19-48)75-44-40-71(2)3)59-36-38-61(69-59)66(50-22-30-54(31-23-50)77-46-42-73(6)7)62-39-37-60(70-62)65(58-35-33-56(63)68-58)49-20-28-53(29-21-49)76-45-41-72(4)5;/h16-39H,8-15,40-46H2,1-7H3;/q-2;+2. The first-order valence-corrected chi connectivity index (χ1v) is 27.5. The van der Waals surface area contributed by atoms with E-state index in [2.05, 4.69) is 131 Å². The largest absolute Gasteiger partial charge is 2.00 e. The predicted molar refractivity (Wildman–Crippen MR) is 319 cm³/mol. The Balaban J connectivity index is 0.00000803. The quantitative estimate of drug-likeness (QED) is 0.0383. The van der Waals surface area contributed by atoms with Crippen molar-refractivity contribution >= 4 is 46.4 Å². The van der Waals surface area contributed by atoms with Crippen molar-refractivity contribution in [3.8, 4) is 67.5 Å². The topological polar surface area (TPSA) is 101 Å². The molecule has 0 N–H and O–H groups in total. The summed E-state index contributed by atoms with van der Waals surface area (Å²) in [5.74, 6) is 3.26. The van der Waals surface area contributed by atoms with Crippen LogP contribution in [0, 0.1) is 0 Å². The molecule has 0 radical (unpaired) electrons. The molecule has 3 aromatic heterocycles. The number of nitrogens with zero attached hydrogens (tertiary/aromatic N) is 7. The van der Waals surface area contributed by atoms with Crippen LogP contribution in [0.3, 0.4) is 0 Å². The van der Waals surface area contributed by atoms with Crippen LogP contribution in [0.2, 0.25) is 0 Å². The van der Waals surface area contributed by atoms with Crippen LogP contribution in [0.4, 0.5) is 0 Å². The van der Waals surface area contributed by atoms with Gasteiger partial charge in [-0.2, -0.15) is 0 Å². The van der Waals surface area contributed by atoms with Crippen molar-refractivity contribution in [2.75, 3.05) is 88.3 Å². The molecular formula is C66H75N7O4Zn. The monoisotopic (exact) mass is 1090 g/mol. The minimum Gasteiger partial charge on any atom is -0.657 e. The van der Waals surface area contributed by atoms with Crippen molar-refractivity contribution in [3.63, 3.8) is 0 Å². The first kappa shape index (κ1) is 57.4. The van der Waals surface area contributed by atoms with Crippen LogP contribution >= 0.6 is 0 Å². The molecule has 12 heteroatoms. The molecule has 5 heterocycles. The van der Waals surface area contributed by atoms with E-state index in [1.807, 2.05) is 78.7 Å². The molecule has 0 unspecified atom stereocenters. The fraction of sp³-hybridized carbons (Fsp3) is 0.333. The maximum absolute atomic E-state index is 6.31. The molecule has 0 spiro atoms. The summed E-state index contributed by atoms with van der Waals surface area (Å²) in [5, 5.41) is 0. The van der Waals surface area contributed by atoms with Crippen LogP contribution in [0.15, 0.2) is 121 Å². The molecule has 2 aliphatic rings. The Morgan fingerprint density at radius 3 is 0.859 bits per heavy atom. The number of benzene rings is 4. The number of hydrogen-bond donors (Lipinski definition) is 0. The summed E-state index contributed by atoms with van der Waals surface area (Å²) in [4.78, 5) is 28.4. The fourth-order valence-electron chi connectivity index (χ4n) is 9.61. The van der Waals surface area contributed by atoms with Gasteiger partial charge in [-0.1, -0.05) is 125 Å². The normalized spacial score (nSPS) is 11.9. The Morgan fingerprint density at radius 1 is 0.333 bits per heavy atom. The minimum atomic E-state index is 0. The third-order valence-electron chi connectivity index (χ3n) is 13.9. The first-order chi connectivity index (χ1) is 37.6. The van der Waals surface area contributed by atoms with Gasteiger partial charge in [-0.05, 0) is 166 Å². The first-order valence-electron chi connectivity index (χ1n) is 27.5. The molecule has 0 fully saturated rings. The Hall–Kier alpha value is -6.82. The van der Waals surface area contributed by atoms with E-state index in [9.17, 15) is 0 Å². The van der Waals surface area contributed by atoms with Crippen LogP contribution in [-0.4, -0.2) is 113 Å². The third kappa shape index (κ3) is 15.1. The van der Waals surface area contributed by atoms with Crippen LogP contribution in [-0.2, 0) is 19.5 Å². The average molecular weight is 1100 g/mol. The van der Waals surface area contributed by atoms with Gasteiger partial charge in [0.15, 0.2) is 0 Å². The molecule has 11 nitrogen and oxygen atoms in total. The van der Waals surface area contributed by atoms with Crippen molar-refractivity contribution < 1.29 is 38.4 Å². The van der Waals surface area contributed by atoms with Gasteiger partial charge < -0.3 is 43.6 Å². The summed E-state index contributed by atoms with van der Waals surface area (Å²) in [6.45, 7) is 7.17. The smallest absolute Gasteiger partial charge is 0.657 e. The second-order valence-electron chi connectivity index (χ2n) is 20.7. The summed E-state index contributed by atoms with van der Waals surface area (Å²) in [5.41, 5.74) is 13.8. The number of hydrogen-bond acceptors (Lipinski definition) is 9. The van der Waals surface area contributed by atoms with Gasteiger partial charge in [0.05, 0.1) is 29.4 Å². The van der Waals surface area contributed by atoms with Crippen LogP contribution in [0.1, 0.15) is 81.1 Å². The number of likely N-dealkylation sites (N-methyl/N-ethyl adjacent to an activating group) is 3. The van der Waals surface area contributed by atoms with E-state index in [0.717, 1.165) is 138 Å². The van der Waals surface area contributed by atoms with Crippen molar-refractivity contribution in [3.05, 3.63) is 144 Å². The Morgan fingerprint density at radius 2 is 0.590 bits per heavy atom. The Labute approximate surface area is 475 Å². The van der Waals surface area contributed by atoms with Crippen LogP contribution in [0.25, 0.3) is 90.9 Å². The molecule has 7 aromatic rings. The number of ether oxygens (including phenoxy) is 4. The van der Waals surface area contributed by atoms with E-state index in [1.54, 1.807) is 0 Å². The van der Waals surface area contributed by atoms with Crippen molar-refractivity contribution in [2.45, 2.75) is 58.3 Å². The van der Waals surface area contributed by atoms with E-state index < -0.39 is 0 Å². The van der Waals surface area contributed by atoms with Gasteiger partial charge >= 0.3 is 19.5 Å². The van der Waals surface area contributed by atoms with Crippen LogP contribution < -0.4 is 28.9 Å². The zero-order chi connectivity index (χ0) is 53.5. The number of unbranched alkanes of at least 4 members (excludes halogenated alkanes) is 7. The van der Waals surface area contributed by atoms with E-state index in [1.165, 1.54) is 44.9 Å². The maximum Gasteiger partial charge on any atom is 2.00 e. The number of fused-ring (bicyclic) bond motifs is 8. The van der Waals surface area contributed by atoms with Crippen LogP contribution in [0.5, 0.6) is 23.0 Å². The zero-order valence-corrected chi connectivity index (χ0v) is 49.9. The van der Waals surface area contributed by atoms with Gasteiger partial charge in [0.2, 0.25) is 0 Å². The molecule has 2 aliphatic heterocycles. The van der Waals surface area contributed by atoms with Crippen molar-refractivity contribution in [1.82, 2.24) is 34.6 Å². The van der Waals surface area contributed by atoms with Crippen molar-refractivity contribution in [1.29, 1.82) is 0 Å². The molecule has 0 saturated heterocycles. The van der Waals surface area contributed by atoms with E-state index in [4.69, 9.17) is 38.9 Å². The molecule has 0 amide bonds. The van der Waals surface area contributed by atoms with Gasteiger partial charge in [0, 0.05) is 19.6 Å². The SMILES string of the molecule is CCCCCCCCCCOc1ccc(-c2c3nc(c(-c4ccc(OCCN(C)C)cc4)c4ccc([n-]4)c(-c4ccc(OCCN(C)C)cc4)c4nc(c(-c5ccc(OCCN(C)C)cc5)c5ccc2[n-]5)C=C4)C=C3)cc1.[Zn+2]. The van der Waals surface area contributed by atoms with Gasteiger partial charge in [0.1, 0.15) is 42.8 Å². The molecule has 0 aliphatic carbocycles. The Bertz CT molecular complexity index is 3210. The van der Waals surface area contributed by atoms with E-state index >= 15 is 0 Å². The molecular weight excluding hydrogens is 1020 g/mol. The summed E-state index contributed by atoms with van der Waals surface area (Å²) < 4.78 is 24.8. The third-order valence-corrected chi connectivity index (χ3v) is 13.9. The van der Waals surface area contributed by atoms with Gasteiger partial charge in [-0.3, -0.25) is 0 Å². The zero-order valence-electron chi connectivity index (χ0n) is 46.9. The van der Waals surface area contributed by atoms with Crippen molar-refractivity contribution in [2.24, 2.45) is 0 Å². The Kier molecular flexibility index (Phi) is 20.7. The maximum atomic E-state index is 6.31. The average Bonchev–Trinajstić information content (AvgIpc) is 4.41. The summed E-state index contributed by atoms with van der Waals surface area (Å²) in [6.07, 6.45) is 18.5. The number of aromatic nitrogens is 4.